The van der Waals surface area contributed by atoms with Gasteiger partial charge in [0.05, 0.1) is 17.7 Å². The molecule has 5 rings (SSSR count). The van der Waals surface area contributed by atoms with E-state index in [1.54, 1.807) is 4.90 Å². The number of nitrogens with one attached hydrogen (secondary N) is 1. The summed E-state index contributed by atoms with van der Waals surface area (Å²) >= 11 is 0.797. The van der Waals surface area contributed by atoms with Gasteiger partial charge in [0.2, 0.25) is 11.5 Å². The van der Waals surface area contributed by atoms with Crippen molar-refractivity contribution in [2.24, 2.45) is 12.2 Å². The van der Waals surface area contributed by atoms with Gasteiger partial charge in [-0.25, -0.2) is 4.57 Å². The molecule has 5 heterocycles. The first kappa shape index (κ1) is 25.0. The number of rotatable bonds is 6. The molecule has 2 aromatic heterocycles. The summed E-state index contributed by atoms with van der Waals surface area (Å²) in [6, 6.07) is 1.93. The number of pyridine rings is 1. The van der Waals surface area contributed by atoms with E-state index in [1.165, 1.54) is 6.08 Å². The number of nitrogen functional groups attached to an aromatic ring is 1. The summed E-state index contributed by atoms with van der Waals surface area (Å²) in [5.74, 6) is -3.59. The first-order valence-corrected chi connectivity index (χ1v) is 12.3. The molecule has 196 valence electrons. The lowest BCUT2D eigenvalue weighted by molar-refractivity contribution is -0.670. The first-order valence-electron chi connectivity index (χ1n) is 11.6. The van der Waals surface area contributed by atoms with Gasteiger partial charge in [-0.3, -0.25) is 14.4 Å². The Balaban J connectivity index is 1.35. The number of anilines is 2. The van der Waals surface area contributed by atoms with Gasteiger partial charge < -0.3 is 36.0 Å². The SMILES string of the molecule is C[n+]1cccc(N2CC/C(=C\C3=C(C(=O)[O-])N4C(=O)[C@@H](NC(=O)/C(=N\O)c5nsc(N)n5)[C@H]4CC3)C2=O)c1. The number of hydrogen-bond acceptors (Lipinski definition) is 11. The summed E-state index contributed by atoms with van der Waals surface area (Å²) < 4.78 is 5.64. The predicted octanol–water partition coefficient (Wildman–Crippen LogP) is -2.02. The largest absolute Gasteiger partial charge is 0.543 e. The molecule has 3 aliphatic rings. The number of aryl methyl sites for hydroxylation is 1. The molecule has 0 spiro atoms. The van der Waals surface area contributed by atoms with E-state index >= 15 is 0 Å². The van der Waals surface area contributed by atoms with Crippen LogP contribution in [0.3, 0.4) is 0 Å². The molecule has 14 nitrogen and oxygen atoms in total. The standard InChI is InChI=1S/C23H22N8O6S/c1-29-7-2-3-13(10-29)30-8-6-12(20(30)33)9-11-4-5-14-15(21(34)31(14)17(11)22(35)36)25-19(32)16(27-37)18-26-23(24)38-28-18/h2-3,7,9-10,14-15H,4-6,8H2,1H3,(H4-,24,25,26,28,32,35,36,37)/b12-9+/t14-,15+/m1/s1. The van der Waals surface area contributed by atoms with Gasteiger partial charge in [-0.15, -0.1) is 0 Å². The number of allylic oxidation sites excluding steroid dienone is 2. The number of hydrogen-bond donors (Lipinski definition) is 3. The molecule has 2 saturated heterocycles. The fourth-order valence-corrected chi connectivity index (χ4v) is 5.32. The van der Waals surface area contributed by atoms with Gasteiger partial charge >= 0.3 is 0 Å². The van der Waals surface area contributed by atoms with Crippen LogP contribution < -0.4 is 25.6 Å². The maximum absolute atomic E-state index is 13.1. The van der Waals surface area contributed by atoms with E-state index in [0.717, 1.165) is 22.1 Å². The fraction of sp³-hybridized carbons (Fsp3) is 0.304. The number of aliphatic carboxylic acids is 1. The maximum atomic E-state index is 13.1. The van der Waals surface area contributed by atoms with Crippen LogP contribution in [0, 0.1) is 0 Å². The molecule has 3 aliphatic heterocycles. The summed E-state index contributed by atoms with van der Waals surface area (Å²) in [6.45, 7) is 0.441. The second-order valence-electron chi connectivity index (χ2n) is 8.94. The van der Waals surface area contributed by atoms with Crippen LogP contribution in [0.1, 0.15) is 25.1 Å². The molecule has 0 unspecified atom stereocenters. The van der Waals surface area contributed by atoms with E-state index in [9.17, 15) is 29.5 Å². The molecular formula is C23H22N8O6S. The second kappa shape index (κ2) is 9.66. The number of nitrogens with zero attached hydrogens (tertiary/aromatic N) is 6. The average Bonchev–Trinajstić information content (AvgIpc) is 3.47. The molecule has 0 aromatic carbocycles. The molecule has 38 heavy (non-hydrogen) atoms. The van der Waals surface area contributed by atoms with Gasteiger partial charge in [0.25, 0.3) is 17.7 Å². The summed E-state index contributed by atoms with van der Waals surface area (Å²) in [6.07, 6.45) is 6.17. The van der Waals surface area contributed by atoms with Crippen LogP contribution in [0.25, 0.3) is 0 Å². The van der Waals surface area contributed by atoms with E-state index in [1.807, 2.05) is 36.1 Å². The Morgan fingerprint density at radius 1 is 1.37 bits per heavy atom. The molecule has 0 saturated carbocycles. The van der Waals surface area contributed by atoms with Crippen LogP contribution in [0.15, 0.2) is 52.6 Å². The Kier molecular flexibility index (Phi) is 6.36. The molecule has 2 fully saturated rings. The molecule has 15 heteroatoms. The van der Waals surface area contributed by atoms with Gasteiger partial charge in [0.15, 0.2) is 17.5 Å². The van der Waals surface area contributed by atoms with E-state index in [2.05, 4.69) is 19.8 Å². The average molecular weight is 539 g/mol. The minimum atomic E-state index is -1.56. The summed E-state index contributed by atoms with van der Waals surface area (Å²) in [5, 5.41) is 26.8. The lowest BCUT2D eigenvalue weighted by Gasteiger charge is -2.51. The zero-order valence-corrected chi connectivity index (χ0v) is 20.8. The third-order valence-electron chi connectivity index (χ3n) is 6.63. The van der Waals surface area contributed by atoms with Crippen molar-refractivity contribution in [2.75, 3.05) is 17.2 Å². The second-order valence-corrected chi connectivity index (χ2v) is 9.72. The quantitative estimate of drug-likeness (QED) is 0.0928. The van der Waals surface area contributed by atoms with E-state index in [0.29, 0.717) is 30.5 Å². The third kappa shape index (κ3) is 4.26. The van der Waals surface area contributed by atoms with Crippen LogP contribution in [0.5, 0.6) is 0 Å². The summed E-state index contributed by atoms with van der Waals surface area (Å²) in [4.78, 5) is 57.2. The summed E-state index contributed by atoms with van der Waals surface area (Å²) in [5.41, 5.74) is 6.11. The number of carbonyl (C=O) groups is 4. The van der Waals surface area contributed by atoms with Gasteiger partial charge in [0.1, 0.15) is 18.8 Å². The van der Waals surface area contributed by atoms with Gasteiger partial charge in [-0.05, 0) is 37.0 Å². The van der Waals surface area contributed by atoms with Crippen LogP contribution in [-0.2, 0) is 26.2 Å². The van der Waals surface area contributed by atoms with Crippen molar-refractivity contribution in [3.05, 3.63) is 53.3 Å². The molecule has 0 bridgehead atoms. The summed E-state index contributed by atoms with van der Waals surface area (Å²) in [7, 11) is 1.85. The van der Waals surface area contributed by atoms with E-state index < -0.39 is 35.6 Å². The van der Waals surface area contributed by atoms with E-state index in [4.69, 9.17) is 5.73 Å². The highest BCUT2D eigenvalue weighted by molar-refractivity contribution is 7.09. The van der Waals surface area contributed by atoms with Crippen molar-refractivity contribution >= 4 is 51.8 Å². The maximum Gasteiger partial charge on any atom is 0.278 e. The Morgan fingerprint density at radius 2 is 2.16 bits per heavy atom. The minimum absolute atomic E-state index is 0.0548. The van der Waals surface area contributed by atoms with Crippen molar-refractivity contribution in [1.29, 1.82) is 0 Å². The third-order valence-corrected chi connectivity index (χ3v) is 7.17. The Hall–Kier alpha value is -4.66. The number of aromatic nitrogens is 3. The van der Waals surface area contributed by atoms with Crippen molar-refractivity contribution in [2.45, 2.75) is 31.3 Å². The first-order chi connectivity index (χ1) is 18.2. The van der Waals surface area contributed by atoms with Crippen molar-refractivity contribution < 1.29 is 34.1 Å². The number of β-lactam (4-membered cyclic amide) rings is 1. The lowest BCUT2D eigenvalue weighted by atomic mass is 9.83. The highest BCUT2D eigenvalue weighted by Crippen LogP contribution is 2.38. The van der Waals surface area contributed by atoms with Gasteiger partial charge in [-0.1, -0.05) is 5.16 Å². The zero-order valence-electron chi connectivity index (χ0n) is 20.0. The Morgan fingerprint density at radius 3 is 2.82 bits per heavy atom. The van der Waals surface area contributed by atoms with Crippen LogP contribution in [0.2, 0.25) is 0 Å². The highest BCUT2D eigenvalue weighted by atomic mass is 32.1. The number of fused-ring (bicyclic) bond motifs is 1. The van der Waals surface area contributed by atoms with Gasteiger partial charge in [0, 0.05) is 29.7 Å². The molecule has 4 N–H and O–H groups in total. The van der Waals surface area contributed by atoms with E-state index in [-0.39, 0.29) is 29.0 Å². The minimum Gasteiger partial charge on any atom is -0.543 e. The monoisotopic (exact) mass is 538 g/mol. The number of carboxylic acids is 1. The molecule has 3 amide bonds. The normalized spacial score (nSPS) is 22.6. The Labute approximate surface area is 219 Å². The topological polar surface area (TPSA) is 198 Å². The smallest absolute Gasteiger partial charge is 0.278 e. The fourth-order valence-electron chi connectivity index (χ4n) is 4.89. The molecule has 2 atom stereocenters. The highest BCUT2D eigenvalue weighted by Gasteiger charge is 2.52. The predicted molar refractivity (Wildman–Crippen MR) is 129 cm³/mol. The molecular weight excluding hydrogens is 516 g/mol. The number of carbonyl (C=O) groups excluding carboxylic acids is 4. The van der Waals surface area contributed by atoms with Crippen molar-refractivity contribution in [3.63, 3.8) is 0 Å². The number of nitrogens with two attached hydrogens (primary N) is 1. The van der Waals surface area contributed by atoms with Gasteiger partial charge in [-0.2, -0.15) is 9.36 Å². The van der Waals surface area contributed by atoms with Crippen molar-refractivity contribution in [1.82, 2.24) is 19.6 Å². The zero-order chi connectivity index (χ0) is 27.1. The lowest BCUT2D eigenvalue weighted by Crippen LogP contribution is -2.72. The van der Waals surface area contributed by atoms with Crippen molar-refractivity contribution in [3.8, 4) is 0 Å². The molecule has 2 aromatic rings. The Bertz CT molecular complexity index is 1460. The van der Waals surface area contributed by atoms with Crippen LogP contribution in [-0.4, -0.2) is 67.5 Å². The number of oxime groups is 1. The van der Waals surface area contributed by atoms with Crippen LogP contribution in [0.4, 0.5) is 10.8 Å². The molecule has 0 aliphatic carbocycles. The van der Waals surface area contributed by atoms with Crippen LogP contribution >= 0.6 is 11.5 Å². The number of carboxylic acid groups (broad SMARTS) is 1. The molecule has 0 radical (unpaired) electrons. The number of amides is 3.